The first kappa shape index (κ1) is 19.3. The van der Waals surface area contributed by atoms with Crippen LogP contribution >= 0.6 is 0 Å². The molecule has 0 aromatic rings. The Hall–Kier alpha value is -0.260. The van der Waals surface area contributed by atoms with Crippen LogP contribution in [0.2, 0.25) is 0 Å². The van der Waals surface area contributed by atoms with Gasteiger partial charge in [0.1, 0.15) is 0 Å². The molecule has 0 saturated heterocycles. The van der Waals surface area contributed by atoms with Gasteiger partial charge in [0.15, 0.2) is 0 Å². The van der Waals surface area contributed by atoms with Gasteiger partial charge in [-0.25, -0.2) is 0 Å². The minimum absolute atomic E-state index is 0.706. The lowest BCUT2D eigenvalue weighted by Gasteiger charge is -1.95. The van der Waals surface area contributed by atoms with E-state index in [-0.39, 0.29) is 0 Å². The van der Waals surface area contributed by atoms with Crippen LogP contribution in [0, 0.1) is 11.8 Å². The van der Waals surface area contributed by atoms with Crippen molar-refractivity contribution in [3.05, 3.63) is 12.2 Å². The van der Waals surface area contributed by atoms with Gasteiger partial charge in [-0.15, -0.1) is 0 Å². The SMILES string of the molecule is CC(C)/C=C/C(C)C.CCC.CCC. The molecule has 0 bridgehead atoms. The summed E-state index contributed by atoms with van der Waals surface area (Å²) in [5.74, 6) is 1.41. The summed E-state index contributed by atoms with van der Waals surface area (Å²) in [4.78, 5) is 0. The second kappa shape index (κ2) is 18.5. The van der Waals surface area contributed by atoms with Crippen molar-refractivity contribution in [1.82, 2.24) is 0 Å². The number of allylic oxidation sites excluding steroid dienone is 2. The van der Waals surface area contributed by atoms with Gasteiger partial charge in [-0.05, 0) is 11.8 Å². The van der Waals surface area contributed by atoms with Crippen molar-refractivity contribution in [3.63, 3.8) is 0 Å². The number of rotatable bonds is 2. The standard InChI is InChI=1S/C8H16.2C3H8/c1-7(2)5-6-8(3)4;2*1-3-2/h5-8H,1-4H3;2*3H2,1-2H3/b6-5+;;. The van der Waals surface area contributed by atoms with Crippen LogP contribution in [-0.2, 0) is 0 Å². The number of hydrogen-bond donors (Lipinski definition) is 0. The average Bonchev–Trinajstić information content (AvgIpc) is 2.04. The van der Waals surface area contributed by atoms with Crippen molar-refractivity contribution >= 4 is 0 Å². The predicted molar refractivity (Wildman–Crippen MR) is 70.7 cm³/mol. The van der Waals surface area contributed by atoms with E-state index in [9.17, 15) is 0 Å². The van der Waals surface area contributed by atoms with E-state index in [1.165, 1.54) is 12.8 Å². The Kier molecular flexibility index (Phi) is 25.6. The maximum absolute atomic E-state index is 2.24. The topological polar surface area (TPSA) is 0 Å². The summed E-state index contributed by atoms with van der Waals surface area (Å²) < 4.78 is 0. The summed E-state index contributed by atoms with van der Waals surface area (Å²) in [6.45, 7) is 17.3. The van der Waals surface area contributed by atoms with E-state index in [0.29, 0.717) is 11.8 Å². The third-order valence-corrected chi connectivity index (χ3v) is 0.881. The molecule has 0 fully saturated rings. The van der Waals surface area contributed by atoms with Gasteiger partial charge in [0, 0.05) is 0 Å². The van der Waals surface area contributed by atoms with Crippen LogP contribution in [0.4, 0.5) is 0 Å². The zero-order valence-corrected chi connectivity index (χ0v) is 11.7. The summed E-state index contributed by atoms with van der Waals surface area (Å²) in [5, 5.41) is 0. The normalized spacial score (nSPS) is 9.57. The molecule has 0 N–H and O–H groups in total. The molecule has 0 aliphatic rings. The van der Waals surface area contributed by atoms with E-state index >= 15 is 0 Å². The Morgan fingerprint density at radius 1 is 0.643 bits per heavy atom. The Bertz CT molecular complexity index is 76.2. The molecule has 0 radical (unpaired) electrons. The highest BCUT2D eigenvalue weighted by atomic mass is 13.9. The summed E-state index contributed by atoms with van der Waals surface area (Å²) in [5.41, 5.74) is 0. The van der Waals surface area contributed by atoms with Gasteiger partial charge in [-0.2, -0.15) is 0 Å². The quantitative estimate of drug-likeness (QED) is 0.502. The summed E-state index contributed by atoms with van der Waals surface area (Å²) in [7, 11) is 0. The molecular weight excluding hydrogens is 168 g/mol. The molecule has 14 heavy (non-hydrogen) atoms. The predicted octanol–water partition coefficient (Wildman–Crippen LogP) is 5.69. The monoisotopic (exact) mass is 200 g/mol. The fraction of sp³-hybridized carbons (Fsp3) is 0.857. The van der Waals surface area contributed by atoms with Crippen LogP contribution in [0.5, 0.6) is 0 Å². The molecule has 0 nitrogen and oxygen atoms in total. The summed E-state index contributed by atoms with van der Waals surface area (Å²) in [6.07, 6.45) is 6.98. The maximum Gasteiger partial charge on any atom is -0.0290 e. The summed E-state index contributed by atoms with van der Waals surface area (Å²) >= 11 is 0. The second-order valence-corrected chi connectivity index (χ2v) is 4.29. The van der Waals surface area contributed by atoms with Crippen molar-refractivity contribution in [2.24, 2.45) is 11.8 Å². The van der Waals surface area contributed by atoms with Gasteiger partial charge in [0.05, 0.1) is 0 Å². The summed E-state index contributed by atoms with van der Waals surface area (Å²) in [6, 6.07) is 0. The van der Waals surface area contributed by atoms with Gasteiger partial charge < -0.3 is 0 Å². The molecule has 0 saturated carbocycles. The van der Waals surface area contributed by atoms with Gasteiger partial charge in [0.25, 0.3) is 0 Å². The first-order valence-electron chi connectivity index (χ1n) is 6.14. The lowest BCUT2D eigenvalue weighted by molar-refractivity contribution is 0.780. The number of hydrogen-bond acceptors (Lipinski definition) is 0. The molecule has 0 aliphatic carbocycles. The lowest BCUT2D eigenvalue weighted by Crippen LogP contribution is -1.81. The Labute approximate surface area is 92.8 Å². The van der Waals surface area contributed by atoms with E-state index < -0.39 is 0 Å². The molecule has 0 heterocycles. The van der Waals surface area contributed by atoms with Crippen LogP contribution < -0.4 is 0 Å². The van der Waals surface area contributed by atoms with E-state index in [4.69, 9.17) is 0 Å². The van der Waals surface area contributed by atoms with E-state index in [1.54, 1.807) is 0 Å². The molecule has 0 amide bonds. The van der Waals surface area contributed by atoms with Crippen LogP contribution in [0.1, 0.15) is 68.2 Å². The van der Waals surface area contributed by atoms with Crippen molar-refractivity contribution < 1.29 is 0 Å². The fourth-order valence-corrected chi connectivity index (χ4v) is 0.444. The van der Waals surface area contributed by atoms with Crippen LogP contribution in [-0.4, -0.2) is 0 Å². The van der Waals surface area contributed by atoms with Gasteiger partial charge in [-0.3, -0.25) is 0 Å². The first-order valence-corrected chi connectivity index (χ1v) is 6.14. The van der Waals surface area contributed by atoms with Gasteiger partial charge in [-0.1, -0.05) is 80.4 Å². The van der Waals surface area contributed by atoms with Crippen LogP contribution in [0.25, 0.3) is 0 Å². The second-order valence-electron chi connectivity index (χ2n) is 4.29. The molecule has 0 aromatic carbocycles. The van der Waals surface area contributed by atoms with E-state index in [1.807, 2.05) is 0 Å². The molecule has 0 unspecified atom stereocenters. The third-order valence-electron chi connectivity index (χ3n) is 0.881. The molecule has 0 rings (SSSR count). The van der Waals surface area contributed by atoms with Crippen molar-refractivity contribution in [1.29, 1.82) is 0 Å². The van der Waals surface area contributed by atoms with E-state index in [0.717, 1.165) is 0 Å². The van der Waals surface area contributed by atoms with E-state index in [2.05, 4.69) is 67.5 Å². The van der Waals surface area contributed by atoms with Crippen molar-refractivity contribution in [2.75, 3.05) is 0 Å². The van der Waals surface area contributed by atoms with Crippen LogP contribution in [0.3, 0.4) is 0 Å². The smallest absolute Gasteiger partial charge is 0.0290 e. The average molecular weight is 200 g/mol. The van der Waals surface area contributed by atoms with Crippen LogP contribution in [0.15, 0.2) is 12.2 Å². The molecule has 0 aliphatic heterocycles. The highest BCUT2D eigenvalue weighted by Crippen LogP contribution is 1.99. The maximum atomic E-state index is 2.24. The van der Waals surface area contributed by atoms with Gasteiger partial charge >= 0.3 is 0 Å². The first-order chi connectivity index (χ1) is 6.45. The fourth-order valence-electron chi connectivity index (χ4n) is 0.444. The van der Waals surface area contributed by atoms with Gasteiger partial charge in [0.2, 0.25) is 0 Å². The van der Waals surface area contributed by atoms with Crippen molar-refractivity contribution in [3.8, 4) is 0 Å². The zero-order valence-electron chi connectivity index (χ0n) is 11.7. The highest BCUT2D eigenvalue weighted by Gasteiger charge is 1.85. The minimum Gasteiger partial charge on any atom is -0.0857 e. The third kappa shape index (κ3) is 60.3. The van der Waals surface area contributed by atoms with Crippen molar-refractivity contribution in [2.45, 2.75) is 68.2 Å². The molecule has 0 atom stereocenters. The molecular formula is C14H32. The molecule has 0 heteroatoms. The Morgan fingerprint density at radius 3 is 0.857 bits per heavy atom. The Balaban J connectivity index is -0.000000168. The molecule has 0 aromatic heterocycles. The minimum atomic E-state index is 0.706. The molecule has 0 spiro atoms. The molecule has 88 valence electrons. The zero-order chi connectivity index (χ0) is 12.0. The lowest BCUT2D eigenvalue weighted by atomic mass is 10.1. The Morgan fingerprint density at radius 2 is 0.786 bits per heavy atom. The largest absolute Gasteiger partial charge is 0.0857 e. The highest BCUT2D eigenvalue weighted by molar-refractivity contribution is 4.86.